The summed E-state index contributed by atoms with van der Waals surface area (Å²) in [6.07, 6.45) is 5.75. The fraction of sp³-hybridized carbons (Fsp3) is 0.286. The molecular weight excluding hydrogens is 266 g/mol. The number of aliphatic carboxylic acids is 1. The number of rotatable bonds is 6. The van der Waals surface area contributed by atoms with Crippen molar-refractivity contribution in [3.05, 3.63) is 34.9 Å². The van der Waals surface area contributed by atoms with Crippen molar-refractivity contribution in [2.45, 2.75) is 12.8 Å². The quantitative estimate of drug-likeness (QED) is 0.808. The van der Waals surface area contributed by atoms with Gasteiger partial charge in [-0.2, -0.15) is 0 Å². The van der Waals surface area contributed by atoms with E-state index in [-0.39, 0.29) is 25.4 Å². The molecule has 1 amide bonds. The van der Waals surface area contributed by atoms with Crippen LogP contribution in [0.4, 0.5) is 0 Å². The standard InChI is InChI=1S/C14H14ClNO3/c1-2-9-16(10-14(18)19)13(17)8-7-11-5-3-4-6-12(11)15/h1,3-6H,7-10H2,(H,18,19). The second-order valence-electron chi connectivity index (χ2n) is 3.94. The van der Waals surface area contributed by atoms with Gasteiger partial charge in [-0.1, -0.05) is 35.7 Å². The second kappa shape index (κ2) is 7.45. The monoisotopic (exact) mass is 279 g/mol. The Labute approximate surface area is 117 Å². The minimum absolute atomic E-state index is 0.00629. The summed E-state index contributed by atoms with van der Waals surface area (Å²) in [6, 6.07) is 7.22. The lowest BCUT2D eigenvalue weighted by Crippen LogP contribution is -2.36. The number of carbonyl (C=O) groups is 2. The van der Waals surface area contributed by atoms with Crippen LogP contribution in [-0.2, 0) is 16.0 Å². The number of amides is 1. The number of carboxylic acid groups (broad SMARTS) is 1. The van der Waals surface area contributed by atoms with E-state index >= 15 is 0 Å². The van der Waals surface area contributed by atoms with Crippen LogP contribution in [0.3, 0.4) is 0 Å². The minimum atomic E-state index is -1.08. The molecule has 0 spiro atoms. The number of carbonyl (C=O) groups excluding carboxylic acids is 1. The zero-order valence-electron chi connectivity index (χ0n) is 10.3. The van der Waals surface area contributed by atoms with Crippen LogP contribution in [-0.4, -0.2) is 35.0 Å². The van der Waals surface area contributed by atoms with Crippen LogP contribution in [0.2, 0.25) is 5.02 Å². The molecular formula is C14H14ClNO3. The molecule has 1 aromatic rings. The van der Waals surface area contributed by atoms with E-state index < -0.39 is 5.97 Å². The fourth-order valence-corrected chi connectivity index (χ4v) is 1.84. The van der Waals surface area contributed by atoms with Gasteiger partial charge in [0.15, 0.2) is 0 Å². The largest absolute Gasteiger partial charge is 0.480 e. The molecule has 0 fully saturated rings. The van der Waals surface area contributed by atoms with Crippen LogP contribution >= 0.6 is 11.6 Å². The van der Waals surface area contributed by atoms with Crippen molar-refractivity contribution >= 4 is 23.5 Å². The third-order valence-electron chi connectivity index (χ3n) is 2.53. The third kappa shape index (κ3) is 5.02. The van der Waals surface area contributed by atoms with Gasteiger partial charge in [0.05, 0.1) is 6.54 Å². The van der Waals surface area contributed by atoms with Gasteiger partial charge in [-0.3, -0.25) is 9.59 Å². The molecule has 100 valence electrons. The van der Waals surface area contributed by atoms with Crippen molar-refractivity contribution in [1.82, 2.24) is 4.90 Å². The van der Waals surface area contributed by atoms with Gasteiger partial charge in [-0.25, -0.2) is 0 Å². The first-order chi connectivity index (χ1) is 9.04. The smallest absolute Gasteiger partial charge is 0.323 e. The molecule has 19 heavy (non-hydrogen) atoms. The maximum atomic E-state index is 11.9. The molecule has 0 aliphatic carbocycles. The topological polar surface area (TPSA) is 57.6 Å². The third-order valence-corrected chi connectivity index (χ3v) is 2.90. The molecule has 0 heterocycles. The van der Waals surface area contributed by atoms with Gasteiger partial charge < -0.3 is 10.0 Å². The van der Waals surface area contributed by atoms with Crippen molar-refractivity contribution in [2.75, 3.05) is 13.1 Å². The molecule has 0 bridgehead atoms. The summed E-state index contributed by atoms with van der Waals surface area (Å²) in [5, 5.41) is 9.30. The van der Waals surface area contributed by atoms with E-state index in [4.69, 9.17) is 23.1 Å². The van der Waals surface area contributed by atoms with Gasteiger partial charge in [-0.15, -0.1) is 6.42 Å². The molecule has 0 aliphatic rings. The van der Waals surface area contributed by atoms with Gasteiger partial charge in [0, 0.05) is 11.4 Å². The normalized spacial score (nSPS) is 9.68. The van der Waals surface area contributed by atoms with Crippen LogP contribution in [0.15, 0.2) is 24.3 Å². The van der Waals surface area contributed by atoms with Crippen LogP contribution in [0.5, 0.6) is 0 Å². The Morgan fingerprint density at radius 3 is 2.63 bits per heavy atom. The summed E-state index contributed by atoms with van der Waals surface area (Å²) in [5.74, 6) is 0.906. The predicted molar refractivity (Wildman–Crippen MR) is 72.8 cm³/mol. The minimum Gasteiger partial charge on any atom is -0.480 e. The maximum Gasteiger partial charge on any atom is 0.323 e. The number of terminal acetylenes is 1. The first-order valence-electron chi connectivity index (χ1n) is 5.71. The molecule has 5 heteroatoms. The van der Waals surface area contributed by atoms with Crippen molar-refractivity contribution in [3.8, 4) is 12.3 Å². The summed E-state index contributed by atoms with van der Waals surface area (Å²) in [4.78, 5) is 23.6. The second-order valence-corrected chi connectivity index (χ2v) is 4.35. The highest BCUT2D eigenvalue weighted by Crippen LogP contribution is 2.16. The number of aryl methyl sites for hydroxylation is 1. The first kappa shape index (κ1) is 15.1. The molecule has 0 aromatic heterocycles. The van der Waals surface area contributed by atoms with Crippen molar-refractivity contribution in [3.63, 3.8) is 0 Å². The number of hydrogen-bond donors (Lipinski definition) is 1. The fourth-order valence-electron chi connectivity index (χ4n) is 1.61. The predicted octanol–water partition coefficient (Wildman–Crippen LogP) is 1.82. The van der Waals surface area contributed by atoms with E-state index in [0.29, 0.717) is 11.4 Å². The Morgan fingerprint density at radius 2 is 2.05 bits per heavy atom. The van der Waals surface area contributed by atoms with E-state index in [0.717, 1.165) is 10.5 Å². The molecule has 0 saturated carbocycles. The van der Waals surface area contributed by atoms with Crippen molar-refractivity contribution in [2.24, 2.45) is 0 Å². The lowest BCUT2D eigenvalue weighted by atomic mass is 10.1. The van der Waals surface area contributed by atoms with Crippen LogP contribution < -0.4 is 0 Å². The van der Waals surface area contributed by atoms with E-state index in [1.807, 2.05) is 18.2 Å². The molecule has 1 aromatic carbocycles. The Hall–Kier alpha value is -1.99. The van der Waals surface area contributed by atoms with Crippen molar-refractivity contribution < 1.29 is 14.7 Å². The van der Waals surface area contributed by atoms with Crippen LogP contribution in [0.1, 0.15) is 12.0 Å². The Morgan fingerprint density at radius 1 is 1.37 bits per heavy atom. The highest BCUT2D eigenvalue weighted by molar-refractivity contribution is 6.31. The maximum absolute atomic E-state index is 11.9. The molecule has 0 radical (unpaired) electrons. The van der Waals surface area contributed by atoms with Gasteiger partial charge >= 0.3 is 5.97 Å². The number of carboxylic acids is 1. The van der Waals surface area contributed by atoms with Gasteiger partial charge in [-0.05, 0) is 18.1 Å². The van der Waals surface area contributed by atoms with Crippen molar-refractivity contribution in [1.29, 1.82) is 0 Å². The molecule has 0 atom stereocenters. The Bertz CT molecular complexity index is 508. The molecule has 0 unspecified atom stereocenters. The molecule has 0 aliphatic heterocycles. The zero-order valence-corrected chi connectivity index (χ0v) is 11.1. The number of hydrogen-bond acceptors (Lipinski definition) is 2. The van der Waals surface area contributed by atoms with Gasteiger partial charge in [0.1, 0.15) is 6.54 Å². The lowest BCUT2D eigenvalue weighted by Gasteiger charge is -2.17. The van der Waals surface area contributed by atoms with Gasteiger partial charge in [0.25, 0.3) is 0 Å². The lowest BCUT2D eigenvalue weighted by molar-refractivity contribution is -0.144. The van der Waals surface area contributed by atoms with Crippen LogP contribution in [0, 0.1) is 12.3 Å². The summed E-state index contributed by atoms with van der Waals surface area (Å²) >= 11 is 5.98. The first-order valence-corrected chi connectivity index (χ1v) is 6.09. The highest BCUT2D eigenvalue weighted by Gasteiger charge is 2.15. The summed E-state index contributed by atoms with van der Waals surface area (Å²) in [5.41, 5.74) is 0.855. The van der Waals surface area contributed by atoms with E-state index in [9.17, 15) is 9.59 Å². The SMILES string of the molecule is C#CCN(CC(=O)O)C(=O)CCc1ccccc1Cl. The molecule has 0 saturated heterocycles. The number of halogens is 1. The molecule has 4 nitrogen and oxygen atoms in total. The Balaban J connectivity index is 2.60. The van der Waals surface area contributed by atoms with Crippen LogP contribution in [0.25, 0.3) is 0 Å². The number of benzene rings is 1. The highest BCUT2D eigenvalue weighted by atomic mass is 35.5. The average molecular weight is 280 g/mol. The molecule has 1 rings (SSSR count). The average Bonchev–Trinajstić information content (AvgIpc) is 2.36. The summed E-state index contributed by atoms with van der Waals surface area (Å²) in [7, 11) is 0. The van der Waals surface area contributed by atoms with Gasteiger partial charge in [0.2, 0.25) is 5.91 Å². The number of nitrogens with zero attached hydrogens (tertiary/aromatic N) is 1. The van der Waals surface area contributed by atoms with E-state index in [1.54, 1.807) is 6.07 Å². The zero-order chi connectivity index (χ0) is 14.3. The van der Waals surface area contributed by atoms with E-state index in [2.05, 4.69) is 5.92 Å². The molecule has 1 N–H and O–H groups in total. The summed E-state index contributed by atoms with van der Waals surface area (Å²) in [6.45, 7) is -0.390. The Kier molecular flexibility index (Phi) is 5.91. The van der Waals surface area contributed by atoms with E-state index in [1.165, 1.54) is 0 Å². The summed E-state index contributed by atoms with van der Waals surface area (Å²) < 4.78 is 0.